The third kappa shape index (κ3) is 4.57. The van der Waals surface area contributed by atoms with Crippen LogP contribution in [0.5, 0.6) is 5.75 Å². The number of carbonyl (C=O) groups excluding carboxylic acids is 1. The van der Waals surface area contributed by atoms with E-state index >= 15 is 0 Å². The van der Waals surface area contributed by atoms with Gasteiger partial charge in [-0.25, -0.2) is 9.97 Å². The van der Waals surface area contributed by atoms with Crippen LogP contribution in [0, 0.1) is 13.8 Å². The van der Waals surface area contributed by atoms with Crippen molar-refractivity contribution in [2.75, 3.05) is 33.3 Å². The summed E-state index contributed by atoms with van der Waals surface area (Å²) in [5, 5.41) is 1.04. The number of fused-ring (bicyclic) bond motifs is 1. The lowest BCUT2D eigenvalue weighted by Crippen LogP contribution is -2.35. The van der Waals surface area contributed by atoms with Crippen molar-refractivity contribution in [2.24, 2.45) is 0 Å². The molecule has 0 saturated carbocycles. The second kappa shape index (κ2) is 9.32. The molecule has 2 aromatic heterocycles. The van der Waals surface area contributed by atoms with E-state index in [0.29, 0.717) is 0 Å². The Morgan fingerprint density at radius 3 is 2.58 bits per heavy atom. The minimum Gasteiger partial charge on any atom is -0.497 e. The molecule has 0 aliphatic carbocycles. The topological polar surface area (TPSA) is 58.6 Å². The average molecular weight is 439 g/mol. The summed E-state index contributed by atoms with van der Waals surface area (Å²) in [4.78, 5) is 28.8. The van der Waals surface area contributed by atoms with Gasteiger partial charge in [-0.15, -0.1) is 11.3 Å². The van der Waals surface area contributed by atoms with Crippen molar-refractivity contribution in [1.29, 1.82) is 0 Å². The van der Waals surface area contributed by atoms with Gasteiger partial charge in [0.25, 0.3) is 5.91 Å². The number of aryl methyl sites for hydroxylation is 3. The number of thiophene rings is 1. The van der Waals surface area contributed by atoms with E-state index in [4.69, 9.17) is 4.74 Å². The molecular formula is C24H30N4O2S. The Morgan fingerprint density at radius 2 is 1.87 bits per heavy atom. The molecule has 7 heteroatoms. The molecule has 1 aliphatic rings. The van der Waals surface area contributed by atoms with Gasteiger partial charge in [-0.05, 0) is 43.5 Å². The van der Waals surface area contributed by atoms with E-state index in [2.05, 4.69) is 33.9 Å². The molecule has 1 amide bonds. The van der Waals surface area contributed by atoms with E-state index < -0.39 is 0 Å². The number of carbonyl (C=O) groups is 1. The monoisotopic (exact) mass is 438 g/mol. The van der Waals surface area contributed by atoms with Crippen LogP contribution in [0.25, 0.3) is 10.2 Å². The molecule has 0 N–H and O–H groups in total. The van der Waals surface area contributed by atoms with Gasteiger partial charge >= 0.3 is 0 Å². The van der Waals surface area contributed by atoms with Crippen molar-refractivity contribution in [3.05, 3.63) is 51.8 Å². The van der Waals surface area contributed by atoms with Gasteiger partial charge in [-0.2, -0.15) is 0 Å². The standard InChI is InChI=1S/C24H30N4O2S/c1-5-20-25-17(3)21-16(2)22(31-23(21)26-20)24(29)28-12-6-11-27(13-14-28)15-18-7-9-19(30-4)10-8-18/h7-10H,5-6,11-15H2,1-4H3. The van der Waals surface area contributed by atoms with E-state index in [1.54, 1.807) is 7.11 Å². The lowest BCUT2D eigenvalue weighted by molar-refractivity contribution is 0.0765. The largest absolute Gasteiger partial charge is 0.497 e. The van der Waals surface area contributed by atoms with Gasteiger partial charge in [-0.1, -0.05) is 19.1 Å². The third-order valence-electron chi connectivity index (χ3n) is 5.97. The highest BCUT2D eigenvalue weighted by Gasteiger charge is 2.25. The van der Waals surface area contributed by atoms with Crippen molar-refractivity contribution >= 4 is 27.5 Å². The van der Waals surface area contributed by atoms with Gasteiger partial charge in [-0.3, -0.25) is 9.69 Å². The minimum atomic E-state index is 0.129. The average Bonchev–Trinajstić information content (AvgIpc) is 2.95. The van der Waals surface area contributed by atoms with Crippen LogP contribution in [0.1, 0.15) is 45.7 Å². The van der Waals surface area contributed by atoms with Crippen LogP contribution in [-0.4, -0.2) is 59.0 Å². The van der Waals surface area contributed by atoms with Crippen LogP contribution >= 0.6 is 11.3 Å². The molecule has 0 unspecified atom stereocenters. The molecule has 0 bridgehead atoms. The molecule has 1 aliphatic heterocycles. The van der Waals surface area contributed by atoms with Crippen LogP contribution in [0.2, 0.25) is 0 Å². The fourth-order valence-electron chi connectivity index (χ4n) is 4.22. The number of hydrogen-bond donors (Lipinski definition) is 0. The van der Waals surface area contributed by atoms with Crippen LogP contribution < -0.4 is 4.74 Å². The first-order valence-electron chi connectivity index (χ1n) is 10.9. The Hall–Kier alpha value is -2.51. The number of nitrogens with zero attached hydrogens (tertiary/aromatic N) is 4. The van der Waals surface area contributed by atoms with Gasteiger partial charge in [0.1, 0.15) is 16.4 Å². The minimum absolute atomic E-state index is 0.129. The van der Waals surface area contributed by atoms with Gasteiger partial charge in [0.2, 0.25) is 0 Å². The van der Waals surface area contributed by atoms with Gasteiger partial charge in [0.05, 0.1) is 12.0 Å². The number of hydrogen-bond acceptors (Lipinski definition) is 6. The molecule has 0 atom stereocenters. The van der Waals surface area contributed by atoms with Gasteiger partial charge in [0.15, 0.2) is 0 Å². The second-order valence-electron chi connectivity index (χ2n) is 8.09. The van der Waals surface area contributed by atoms with E-state index in [-0.39, 0.29) is 5.91 Å². The molecule has 1 saturated heterocycles. The van der Waals surface area contributed by atoms with Crippen molar-refractivity contribution in [2.45, 2.75) is 40.2 Å². The molecule has 1 fully saturated rings. The summed E-state index contributed by atoms with van der Waals surface area (Å²) in [5.74, 6) is 1.85. The molecule has 1 aromatic carbocycles. The van der Waals surface area contributed by atoms with Crippen LogP contribution in [0.4, 0.5) is 0 Å². The molecular weight excluding hydrogens is 408 g/mol. The van der Waals surface area contributed by atoms with Crippen molar-refractivity contribution < 1.29 is 9.53 Å². The number of ether oxygens (including phenoxy) is 1. The summed E-state index contributed by atoms with van der Waals surface area (Å²) in [5.41, 5.74) is 3.25. The van der Waals surface area contributed by atoms with E-state index in [1.807, 2.05) is 30.9 Å². The molecule has 4 rings (SSSR count). The molecule has 0 spiro atoms. The van der Waals surface area contributed by atoms with Crippen LogP contribution in [-0.2, 0) is 13.0 Å². The fourth-order valence-corrected chi connectivity index (χ4v) is 5.44. The van der Waals surface area contributed by atoms with Crippen molar-refractivity contribution in [3.63, 3.8) is 0 Å². The zero-order valence-electron chi connectivity index (χ0n) is 18.8. The predicted molar refractivity (Wildman–Crippen MR) is 125 cm³/mol. The number of rotatable bonds is 5. The van der Waals surface area contributed by atoms with Crippen molar-refractivity contribution in [1.82, 2.24) is 19.8 Å². The molecule has 31 heavy (non-hydrogen) atoms. The van der Waals surface area contributed by atoms with Crippen LogP contribution in [0.3, 0.4) is 0 Å². The zero-order chi connectivity index (χ0) is 22.0. The van der Waals surface area contributed by atoms with E-state index in [0.717, 1.165) is 83.5 Å². The summed E-state index contributed by atoms with van der Waals surface area (Å²) >= 11 is 1.52. The highest BCUT2D eigenvalue weighted by molar-refractivity contribution is 7.20. The van der Waals surface area contributed by atoms with Crippen LogP contribution in [0.15, 0.2) is 24.3 Å². The molecule has 6 nitrogen and oxygen atoms in total. The maximum absolute atomic E-state index is 13.4. The van der Waals surface area contributed by atoms with Crippen molar-refractivity contribution in [3.8, 4) is 5.75 Å². The summed E-state index contributed by atoms with van der Waals surface area (Å²) in [6.07, 6.45) is 1.78. The number of methoxy groups -OCH3 is 1. The first-order valence-corrected chi connectivity index (χ1v) is 11.7. The molecule has 164 valence electrons. The fraction of sp³-hybridized carbons (Fsp3) is 0.458. The smallest absolute Gasteiger partial charge is 0.264 e. The summed E-state index contributed by atoms with van der Waals surface area (Å²) < 4.78 is 5.25. The Kier molecular flexibility index (Phi) is 6.53. The Morgan fingerprint density at radius 1 is 1.10 bits per heavy atom. The number of benzene rings is 1. The molecule has 3 aromatic rings. The Bertz CT molecular complexity index is 1080. The lowest BCUT2D eigenvalue weighted by atomic mass is 10.1. The quantitative estimate of drug-likeness (QED) is 0.597. The third-order valence-corrected chi connectivity index (χ3v) is 7.14. The summed E-state index contributed by atoms with van der Waals surface area (Å²) in [6, 6.07) is 8.23. The highest BCUT2D eigenvalue weighted by atomic mass is 32.1. The second-order valence-corrected chi connectivity index (χ2v) is 9.08. The van der Waals surface area contributed by atoms with E-state index in [1.165, 1.54) is 16.9 Å². The van der Waals surface area contributed by atoms with Gasteiger partial charge in [0, 0.05) is 50.2 Å². The SMILES string of the molecule is CCc1nc(C)c2c(C)c(C(=O)N3CCCN(Cc4ccc(OC)cc4)CC3)sc2n1. The summed E-state index contributed by atoms with van der Waals surface area (Å²) in [6.45, 7) is 10.4. The lowest BCUT2D eigenvalue weighted by Gasteiger charge is -2.22. The maximum Gasteiger partial charge on any atom is 0.264 e. The Balaban J connectivity index is 1.47. The highest BCUT2D eigenvalue weighted by Crippen LogP contribution is 2.32. The number of aromatic nitrogens is 2. The maximum atomic E-state index is 13.4. The molecule has 3 heterocycles. The first-order chi connectivity index (χ1) is 15.0. The Labute approximate surface area is 187 Å². The first kappa shape index (κ1) is 21.7. The normalized spacial score (nSPS) is 15.3. The summed E-state index contributed by atoms with van der Waals surface area (Å²) in [7, 11) is 1.68. The predicted octanol–water partition coefficient (Wildman–Crippen LogP) is 4.23. The zero-order valence-corrected chi connectivity index (χ0v) is 19.6. The van der Waals surface area contributed by atoms with E-state index in [9.17, 15) is 4.79 Å². The molecule has 0 radical (unpaired) electrons. The van der Waals surface area contributed by atoms with Gasteiger partial charge < -0.3 is 9.64 Å². The number of amides is 1.